The zero-order valence-corrected chi connectivity index (χ0v) is 27.4. The molecule has 5 rings (SSSR count). The van der Waals surface area contributed by atoms with E-state index in [1.165, 1.54) is 4.90 Å². The van der Waals surface area contributed by atoms with E-state index in [2.05, 4.69) is 18.2 Å². The van der Waals surface area contributed by atoms with Gasteiger partial charge < -0.3 is 38.6 Å². The molecule has 0 radical (unpaired) electrons. The van der Waals surface area contributed by atoms with Gasteiger partial charge in [-0.3, -0.25) is 4.79 Å². The summed E-state index contributed by atoms with van der Waals surface area (Å²) < 4.78 is 28.8. The largest absolute Gasteiger partial charge is 0.494 e. The molecule has 2 heterocycles. The number of methoxy groups -OCH3 is 2. The van der Waals surface area contributed by atoms with Gasteiger partial charge in [0, 0.05) is 44.8 Å². The number of piperidine rings is 1. The number of hydrogen-bond donors (Lipinski definition) is 1. The smallest absolute Gasteiger partial charge is 0.407 e. The second-order valence-corrected chi connectivity index (χ2v) is 12.0. The van der Waals surface area contributed by atoms with Crippen molar-refractivity contribution in [1.82, 2.24) is 4.90 Å². The van der Waals surface area contributed by atoms with Crippen LogP contribution in [0.3, 0.4) is 0 Å². The summed E-state index contributed by atoms with van der Waals surface area (Å²) >= 11 is 0. The van der Waals surface area contributed by atoms with Crippen molar-refractivity contribution in [3.05, 3.63) is 83.4 Å². The summed E-state index contributed by atoms with van der Waals surface area (Å²) in [5.74, 6) is 2.42. The first-order valence-electron chi connectivity index (χ1n) is 16.5. The number of unbranched alkanes of at least 4 members (excludes halogenated alkanes) is 1. The van der Waals surface area contributed by atoms with Crippen molar-refractivity contribution in [3.63, 3.8) is 0 Å². The normalized spacial score (nSPS) is 17.7. The van der Waals surface area contributed by atoms with Crippen molar-refractivity contribution in [2.24, 2.45) is 0 Å². The Morgan fingerprint density at radius 1 is 0.894 bits per heavy atom. The molecule has 0 aromatic heterocycles. The first-order chi connectivity index (χ1) is 23.0. The Labute approximate surface area is 277 Å². The second-order valence-electron chi connectivity index (χ2n) is 12.0. The van der Waals surface area contributed by atoms with Crippen LogP contribution in [0.25, 0.3) is 0 Å². The number of carboxylic acid groups (broad SMARTS) is 1. The third kappa shape index (κ3) is 9.17. The predicted molar refractivity (Wildman–Crippen MR) is 179 cm³/mol. The number of carbonyl (C=O) groups is 2. The summed E-state index contributed by atoms with van der Waals surface area (Å²) in [6.45, 7) is 3.43. The summed E-state index contributed by atoms with van der Waals surface area (Å²) in [7, 11) is 3.30. The highest BCUT2D eigenvalue weighted by atomic mass is 16.5. The van der Waals surface area contributed by atoms with E-state index in [1.807, 2.05) is 53.4 Å². The van der Waals surface area contributed by atoms with Gasteiger partial charge in [0.15, 0.2) is 11.5 Å². The van der Waals surface area contributed by atoms with Gasteiger partial charge in [-0.25, -0.2) is 4.79 Å². The highest BCUT2D eigenvalue weighted by Gasteiger charge is 2.33. The van der Waals surface area contributed by atoms with Crippen molar-refractivity contribution in [1.29, 1.82) is 0 Å². The van der Waals surface area contributed by atoms with Crippen molar-refractivity contribution >= 4 is 17.7 Å². The molecule has 10 heteroatoms. The lowest BCUT2D eigenvalue weighted by Gasteiger charge is -2.37. The number of nitrogens with zero attached hydrogens (tertiary/aromatic N) is 2. The van der Waals surface area contributed by atoms with Crippen LogP contribution in [0, 0.1) is 0 Å². The Morgan fingerprint density at radius 3 is 2.40 bits per heavy atom. The van der Waals surface area contributed by atoms with Gasteiger partial charge in [0.1, 0.15) is 5.75 Å². The minimum absolute atomic E-state index is 0.0384. The Balaban J connectivity index is 1.16. The van der Waals surface area contributed by atoms with Crippen LogP contribution in [0.4, 0.5) is 10.5 Å². The standard InChI is InChI=1S/C37H46N2O8/c1-43-21-7-19-39-32-24-27(10-11-29(32)14-17-36(39)40)26-47-35-25-38(37(41)42)20-18-31(35)28-12-15-30(16-13-28)45-22-5-6-23-46-34-9-4-3-8-33(34)44-2/h3-4,8-13,15-16,24,31,35H,5-7,14,17-23,25-26H2,1-2H3,(H,41,42). The number of ether oxygens (including phenoxy) is 5. The average molecular weight is 647 g/mol. The summed E-state index contributed by atoms with van der Waals surface area (Å²) in [5, 5.41) is 9.72. The van der Waals surface area contributed by atoms with Crippen LogP contribution >= 0.6 is 0 Å². The van der Waals surface area contributed by atoms with E-state index in [9.17, 15) is 14.7 Å². The SMILES string of the molecule is COCCCN1C(=O)CCc2ccc(COC3CN(C(=O)O)CCC3c3ccc(OCCCCOc4ccccc4OC)cc3)cc21. The number of anilines is 1. The highest BCUT2D eigenvalue weighted by molar-refractivity contribution is 5.96. The second kappa shape index (κ2) is 17.0. The van der Waals surface area contributed by atoms with Gasteiger partial charge >= 0.3 is 6.09 Å². The molecule has 1 N–H and O–H groups in total. The van der Waals surface area contributed by atoms with Crippen molar-refractivity contribution in [3.8, 4) is 17.2 Å². The fourth-order valence-electron chi connectivity index (χ4n) is 6.25. The van der Waals surface area contributed by atoms with E-state index in [-0.39, 0.29) is 17.9 Å². The lowest BCUT2D eigenvalue weighted by atomic mass is 9.87. The summed E-state index contributed by atoms with van der Waals surface area (Å²) in [5.41, 5.74) is 4.14. The van der Waals surface area contributed by atoms with Crippen LogP contribution in [-0.2, 0) is 27.3 Å². The van der Waals surface area contributed by atoms with Gasteiger partial charge in [-0.2, -0.15) is 0 Å². The van der Waals surface area contributed by atoms with Gasteiger partial charge in [0.05, 0.1) is 39.6 Å². The lowest BCUT2D eigenvalue weighted by Crippen LogP contribution is -2.46. The minimum atomic E-state index is -0.937. The summed E-state index contributed by atoms with van der Waals surface area (Å²) in [4.78, 5) is 27.9. The number of amides is 2. The number of benzene rings is 3. The van der Waals surface area contributed by atoms with Crippen molar-refractivity contribution < 1.29 is 38.4 Å². The third-order valence-corrected chi connectivity index (χ3v) is 8.82. The number of carbonyl (C=O) groups excluding carboxylic acids is 1. The molecule has 2 unspecified atom stereocenters. The van der Waals surface area contributed by atoms with Crippen LogP contribution in [0.15, 0.2) is 66.7 Å². The number of aryl methyl sites for hydroxylation is 1. The quantitative estimate of drug-likeness (QED) is 0.181. The Morgan fingerprint density at radius 2 is 1.66 bits per heavy atom. The molecule has 0 spiro atoms. The lowest BCUT2D eigenvalue weighted by molar-refractivity contribution is -0.118. The van der Waals surface area contributed by atoms with Crippen LogP contribution in [0.1, 0.15) is 54.7 Å². The molecule has 2 atom stereocenters. The molecule has 47 heavy (non-hydrogen) atoms. The number of rotatable bonds is 16. The maximum absolute atomic E-state index is 12.7. The number of para-hydroxylation sites is 2. The van der Waals surface area contributed by atoms with Gasteiger partial charge in [-0.15, -0.1) is 0 Å². The fraction of sp³-hybridized carbons (Fsp3) is 0.459. The minimum Gasteiger partial charge on any atom is -0.494 e. The molecule has 2 aliphatic rings. The highest BCUT2D eigenvalue weighted by Crippen LogP contribution is 2.34. The molecule has 3 aromatic carbocycles. The molecule has 3 aromatic rings. The monoisotopic (exact) mass is 646 g/mol. The van der Waals surface area contributed by atoms with Crippen molar-refractivity contribution in [2.45, 2.75) is 57.2 Å². The molecule has 2 aliphatic heterocycles. The van der Waals surface area contributed by atoms with Gasteiger partial charge in [-0.1, -0.05) is 36.4 Å². The van der Waals surface area contributed by atoms with Crippen LogP contribution < -0.4 is 19.1 Å². The van der Waals surface area contributed by atoms with E-state index >= 15 is 0 Å². The summed E-state index contributed by atoms with van der Waals surface area (Å²) in [6, 6.07) is 21.8. The fourth-order valence-corrected chi connectivity index (χ4v) is 6.25. The van der Waals surface area contributed by atoms with E-state index in [4.69, 9.17) is 23.7 Å². The maximum atomic E-state index is 12.7. The first kappa shape index (κ1) is 34.1. The molecule has 1 fully saturated rings. The third-order valence-electron chi connectivity index (χ3n) is 8.82. The Bertz CT molecular complexity index is 1460. The van der Waals surface area contributed by atoms with Gasteiger partial charge in [0.2, 0.25) is 5.91 Å². The predicted octanol–water partition coefficient (Wildman–Crippen LogP) is 6.30. The van der Waals surface area contributed by atoms with E-state index in [0.717, 1.165) is 65.3 Å². The van der Waals surface area contributed by atoms with Crippen LogP contribution in [-0.4, -0.2) is 81.8 Å². The number of likely N-dealkylation sites (tertiary alicyclic amines) is 1. The zero-order chi connectivity index (χ0) is 33.0. The molecular weight excluding hydrogens is 600 g/mol. The average Bonchev–Trinajstić information content (AvgIpc) is 3.10. The van der Waals surface area contributed by atoms with Gasteiger partial charge in [0.25, 0.3) is 0 Å². The summed E-state index contributed by atoms with van der Waals surface area (Å²) in [6.07, 6.45) is 3.11. The van der Waals surface area contributed by atoms with E-state index < -0.39 is 6.09 Å². The molecule has 10 nitrogen and oxygen atoms in total. The van der Waals surface area contributed by atoms with Crippen LogP contribution in [0.5, 0.6) is 17.2 Å². The van der Waals surface area contributed by atoms with Gasteiger partial charge in [-0.05, 0) is 79.1 Å². The number of hydrogen-bond acceptors (Lipinski definition) is 7. The maximum Gasteiger partial charge on any atom is 0.407 e. The molecule has 0 aliphatic carbocycles. The molecule has 0 bridgehead atoms. The topological polar surface area (TPSA) is 107 Å². The number of fused-ring (bicyclic) bond motifs is 1. The molecular formula is C37H46N2O8. The van der Waals surface area contributed by atoms with E-state index in [1.54, 1.807) is 14.2 Å². The first-order valence-corrected chi connectivity index (χ1v) is 16.5. The molecule has 252 valence electrons. The Kier molecular flexibility index (Phi) is 12.3. The van der Waals surface area contributed by atoms with Crippen molar-refractivity contribution in [2.75, 3.05) is 58.6 Å². The molecule has 2 amide bonds. The Hall–Kier alpha value is -4.28. The zero-order valence-electron chi connectivity index (χ0n) is 27.4. The van der Waals surface area contributed by atoms with E-state index in [0.29, 0.717) is 58.9 Å². The van der Waals surface area contributed by atoms with Crippen LogP contribution in [0.2, 0.25) is 0 Å². The molecule has 1 saturated heterocycles. The molecule has 0 saturated carbocycles.